The fraction of sp³-hybridized carbons (Fsp3) is 0.100. The van der Waals surface area contributed by atoms with Crippen molar-refractivity contribution in [3.63, 3.8) is 0 Å². The van der Waals surface area contributed by atoms with E-state index in [4.69, 9.17) is 17.3 Å². The van der Waals surface area contributed by atoms with E-state index >= 15 is 0 Å². The van der Waals surface area contributed by atoms with Crippen molar-refractivity contribution in [3.05, 3.63) is 64.6 Å². The summed E-state index contributed by atoms with van der Waals surface area (Å²) >= 11 is 6.10. The van der Waals surface area contributed by atoms with Gasteiger partial charge in [-0.05, 0) is 30.3 Å². The van der Waals surface area contributed by atoms with E-state index < -0.39 is 30.9 Å². The number of nitrogens with zero attached hydrogens (tertiary/aromatic N) is 1. The van der Waals surface area contributed by atoms with E-state index in [-0.39, 0.29) is 31.8 Å². The Labute approximate surface area is 184 Å². The third-order valence-corrected chi connectivity index (χ3v) is 5.37. The van der Waals surface area contributed by atoms with E-state index in [2.05, 4.69) is 10.1 Å². The van der Waals surface area contributed by atoms with E-state index in [1.807, 2.05) is 0 Å². The number of rotatable bonds is 7. The number of aromatic carboxylic acids is 1. The predicted molar refractivity (Wildman–Crippen MR) is 115 cm³/mol. The highest BCUT2D eigenvalue weighted by molar-refractivity contribution is 8.26. The number of carboxylic acids is 1. The van der Waals surface area contributed by atoms with Gasteiger partial charge >= 0.3 is 12.6 Å². The van der Waals surface area contributed by atoms with Gasteiger partial charge in [0.05, 0.1) is 10.5 Å². The number of hydrogen-bond donors (Lipinski definition) is 2. The summed E-state index contributed by atoms with van der Waals surface area (Å²) in [7, 11) is 0. The molecule has 31 heavy (non-hydrogen) atoms. The van der Waals surface area contributed by atoms with Crippen LogP contribution in [0.25, 0.3) is 6.08 Å². The Bertz CT molecular complexity index is 1090. The second-order valence-electron chi connectivity index (χ2n) is 6.12. The molecule has 11 heteroatoms. The minimum absolute atomic E-state index is 0.00368. The van der Waals surface area contributed by atoms with E-state index in [0.717, 1.165) is 16.7 Å². The minimum atomic E-state index is -3.02. The molecule has 1 aliphatic heterocycles. The number of ether oxygens (including phenoxy) is 1. The van der Waals surface area contributed by atoms with Crippen LogP contribution in [-0.2, 0) is 9.59 Å². The van der Waals surface area contributed by atoms with Crippen molar-refractivity contribution in [2.45, 2.75) is 6.61 Å². The van der Waals surface area contributed by atoms with Gasteiger partial charge in [0, 0.05) is 11.3 Å². The molecule has 1 saturated heterocycles. The Hall–Kier alpha value is -3.31. The summed E-state index contributed by atoms with van der Waals surface area (Å²) in [5.74, 6) is -2.38. The number of benzene rings is 2. The SMILES string of the molecule is O=C(CN1C(=O)/C(=C/c2ccccc2OC(F)F)SC1=S)Nc1cccc(C(=O)O)c1. The molecule has 2 N–H and O–H groups in total. The lowest BCUT2D eigenvalue weighted by Crippen LogP contribution is -2.36. The van der Waals surface area contributed by atoms with Gasteiger partial charge in [0.1, 0.15) is 16.6 Å². The van der Waals surface area contributed by atoms with Crippen molar-refractivity contribution >= 4 is 57.8 Å². The largest absolute Gasteiger partial charge is 0.478 e. The van der Waals surface area contributed by atoms with Gasteiger partial charge in [0.2, 0.25) is 5.91 Å². The highest BCUT2D eigenvalue weighted by atomic mass is 32.2. The fourth-order valence-corrected chi connectivity index (χ4v) is 3.90. The van der Waals surface area contributed by atoms with Gasteiger partial charge in [-0.15, -0.1) is 0 Å². The fourth-order valence-electron chi connectivity index (χ4n) is 2.65. The van der Waals surface area contributed by atoms with E-state index in [0.29, 0.717) is 0 Å². The summed E-state index contributed by atoms with van der Waals surface area (Å²) in [5, 5.41) is 11.5. The molecule has 0 radical (unpaired) electrons. The maximum atomic E-state index is 12.7. The van der Waals surface area contributed by atoms with Crippen LogP contribution in [-0.4, -0.2) is 45.3 Å². The van der Waals surface area contributed by atoms with Gasteiger partial charge in [-0.2, -0.15) is 8.78 Å². The van der Waals surface area contributed by atoms with Gasteiger partial charge in [-0.25, -0.2) is 4.79 Å². The number of hydrogen-bond acceptors (Lipinski definition) is 6. The Morgan fingerprint density at radius 3 is 2.68 bits per heavy atom. The zero-order valence-electron chi connectivity index (χ0n) is 15.6. The van der Waals surface area contributed by atoms with E-state index in [9.17, 15) is 23.2 Å². The molecular weight excluding hydrogens is 450 g/mol. The first kappa shape index (κ1) is 22.4. The number of carboxylic acid groups (broad SMARTS) is 1. The van der Waals surface area contributed by atoms with Crippen LogP contribution in [0.15, 0.2) is 53.4 Å². The lowest BCUT2D eigenvalue weighted by molar-refractivity contribution is -0.126. The first-order valence-electron chi connectivity index (χ1n) is 8.67. The van der Waals surface area contributed by atoms with Crippen LogP contribution in [0.5, 0.6) is 5.75 Å². The van der Waals surface area contributed by atoms with Crippen molar-refractivity contribution in [1.29, 1.82) is 0 Å². The van der Waals surface area contributed by atoms with Crippen molar-refractivity contribution < 1.29 is 33.0 Å². The topological polar surface area (TPSA) is 95.9 Å². The molecule has 3 rings (SSSR count). The number of para-hydroxylation sites is 1. The van der Waals surface area contributed by atoms with Gasteiger partial charge < -0.3 is 15.2 Å². The summed E-state index contributed by atoms with van der Waals surface area (Å²) < 4.78 is 29.7. The van der Waals surface area contributed by atoms with Crippen LogP contribution >= 0.6 is 24.0 Å². The average Bonchev–Trinajstić information content (AvgIpc) is 2.96. The summed E-state index contributed by atoms with van der Waals surface area (Å²) in [6, 6.07) is 11.6. The Morgan fingerprint density at radius 1 is 1.23 bits per heavy atom. The Kier molecular flexibility index (Phi) is 6.98. The standard InChI is InChI=1S/C20H14F2N2O5S2/c21-19(22)29-14-7-2-1-4-11(14)9-15-17(26)24(20(30)31-15)10-16(25)23-13-6-3-5-12(8-13)18(27)28/h1-9,19H,10H2,(H,23,25)(H,27,28)/b15-9-. The number of carbonyl (C=O) groups excluding carboxylic acids is 2. The molecule has 0 bridgehead atoms. The second-order valence-corrected chi connectivity index (χ2v) is 7.79. The van der Waals surface area contributed by atoms with Crippen LogP contribution in [0.4, 0.5) is 14.5 Å². The molecule has 1 heterocycles. The maximum absolute atomic E-state index is 12.7. The number of carbonyl (C=O) groups is 3. The lowest BCUT2D eigenvalue weighted by Gasteiger charge is -2.14. The summed E-state index contributed by atoms with van der Waals surface area (Å²) in [4.78, 5) is 37.3. The molecule has 0 aliphatic carbocycles. The highest BCUT2D eigenvalue weighted by Gasteiger charge is 2.33. The van der Waals surface area contributed by atoms with Crippen molar-refractivity contribution in [3.8, 4) is 5.75 Å². The van der Waals surface area contributed by atoms with Gasteiger partial charge in [0.25, 0.3) is 5.91 Å². The van der Waals surface area contributed by atoms with Crippen molar-refractivity contribution in [2.75, 3.05) is 11.9 Å². The van der Waals surface area contributed by atoms with Crippen LogP contribution in [0.3, 0.4) is 0 Å². The molecule has 7 nitrogen and oxygen atoms in total. The monoisotopic (exact) mass is 464 g/mol. The summed E-state index contributed by atoms with van der Waals surface area (Å²) in [6.07, 6.45) is 1.37. The number of alkyl halides is 2. The highest BCUT2D eigenvalue weighted by Crippen LogP contribution is 2.34. The Morgan fingerprint density at radius 2 is 1.97 bits per heavy atom. The second kappa shape index (κ2) is 9.67. The van der Waals surface area contributed by atoms with Gasteiger partial charge in [-0.1, -0.05) is 48.2 Å². The molecule has 0 spiro atoms. The molecule has 2 aromatic carbocycles. The molecule has 0 aromatic heterocycles. The van der Waals surface area contributed by atoms with Crippen LogP contribution in [0.1, 0.15) is 15.9 Å². The molecule has 1 fully saturated rings. The molecule has 0 unspecified atom stereocenters. The van der Waals surface area contributed by atoms with Gasteiger partial charge in [0.15, 0.2) is 0 Å². The number of halogens is 2. The Balaban J connectivity index is 1.72. The summed E-state index contributed by atoms with van der Waals surface area (Å²) in [5.41, 5.74) is 0.512. The number of amides is 2. The summed E-state index contributed by atoms with van der Waals surface area (Å²) in [6.45, 7) is -3.42. The average molecular weight is 464 g/mol. The molecule has 2 amide bonds. The molecule has 0 atom stereocenters. The van der Waals surface area contributed by atoms with E-state index in [1.54, 1.807) is 6.07 Å². The first-order valence-corrected chi connectivity index (χ1v) is 9.89. The molecular formula is C20H14F2N2O5S2. The molecule has 160 valence electrons. The quantitative estimate of drug-likeness (QED) is 0.475. The lowest BCUT2D eigenvalue weighted by atomic mass is 10.2. The zero-order chi connectivity index (χ0) is 22.5. The zero-order valence-corrected chi connectivity index (χ0v) is 17.2. The maximum Gasteiger partial charge on any atom is 0.387 e. The van der Waals surface area contributed by atoms with Crippen LogP contribution < -0.4 is 10.1 Å². The molecule has 0 saturated carbocycles. The van der Waals surface area contributed by atoms with E-state index in [1.165, 1.54) is 48.5 Å². The van der Waals surface area contributed by atoms with Gasteiger partial charge in [-0.3, -0.25) is 14.5 Å². The normalized spacial score (nSPS) is 14.9. The number of anilines is 1. The number of nitrogens with one attached hydrogen (secondary N) is 1. The van der Waals surface area contributed by atoms with Crippen LogP contribution in [0, 0.1) is 0 Å². The smallest absolute Gasteiger partial charge is 0.387 e. The number of thiocarbonyl (C=S) groups is 1. The minimum Gasteiger partial charge on any atom is -0.478 e. The van der Waals surface area contributed by atoms with Crippen molar-refractivity contribution in [2.24, 2.45) is 0 Å². The van der Waals surface area contributed by atoms with Crippen LogP contribution in [0.2, 0.25) is 0 Å². The third kappa shape index (κ3) is 5.64. The van der Waals surface area contributed by atoms with Crippen molar-refractivity contribution in [1.82, 2.24) is 4.90 Å². The number of thioether (sulfide) groups is 1. The molecule has 1 aliphatic rings. The third-order valence-electron chi connectivity index (χ3n) is 3.99. The molecule has 2 aromatic rings. The first-order chi connectivity index (χ1) is 14.7. The predicted octanol–water partition coefficient (Wildman–Crippen LogP) is 3.83.